The van der Waals surface area contributed by atoms with Crippen molar-refractivity contribution < 1.29 is 4.39 Å². The SMILES string of the molecule is CCN(C)c1ccc(C#N)c(Br)c1F. The van der Waals surface area contributed by atoms with E-state index in [2.05, 4.69) is 15.9 Å². The van der Waals surface area contributed by atoms with Crippen molar-refractivity contribution in [3.8, 4) is 6.07 Å². The monoisotopic (exact) mass is 256 g/mol. The minimum Gasteiger partial charge on any atom is -0.372 e. The minimum atomic E-state index is -0.381. The van der Waals surface area contributed by atoms with Crippen molar-refractivity contribution in [2.75, 3.05) is 18.5 Å². The first-order chi connectivity index (χ1) is 6.61. The van der Waals surface area contributed by atoms with Crippen LogP contribution in [0.25, 0.3) is 0 Å². The van der Waals surface area contributed by atoms with Gasteiger partial charge in [-0.05, 0) is 35.0 Å². The second-order valence-corrected chi connectivity index (χ2v) is 3.68. The van der Waals surface area contributed by atoms with E-state index in [1.165, 1.54) is 0 Å². The van der Waals surface area contributed by atoms with Gasteiger partial charge in [0, 0.05) is 13.6 Å². The molecule has 0 fully saturated rings. The zero-order valence-corrected chi connectivity index (χ0v) is 9.60. The number of halogens is 2. The van der Waals surface area contributed by atoms with Crippen LogP contribution in [0.2, 0.25) is 0 Å². The van der Waals surface area contributed by atoms with Gasteiger partial charge in [0.1, 0.15) is 6.07 Å². The zero-order valence-electron chi connectivity index (χ0n) is 8.01. The van der Waals surface area contributed by atoms with E-state index in [0.29, 0.717) is 11.3 Å². The van der Waals surface area contributed by atoms with Crippen LogP contribution in [0.4, 0.5) is 10.1 Å². The fourth-order valence-corrected chi connectivity index (χ4v) is 1.51. The molecule has 0 amide bonds. The average molecular weight is 257 g/mol. The Morgan fingerprint density at radius 3 is 2.71 bits per heavy atom. The zero-order chi connectivity index (χ0) is 10.7. The number of nitrogens with zero attached hydrogens (tertiary/aromatic N) is 2. The van der Waals surface area contributed by atoms with Crippen LogP contribution in [0.15, 0.2) is 16.6 Å². The highest BCUT2D eigenvalue weighted by atomic mass is 79.9. The Balaban J connectivity index is 3.25. The first kappa shape index (κ1) is 11.0. The molecule has 1 aromatic carbocycles. The summed E-state index contributed by atoms with van der Waals surface area (Å²) in [5, 5.41) is 8.67. The summed E-state index contributed by atoms with van der Waals surface area (Å²) in [6.07, 6.45) is 0. The molecule has 0 saturated heterocycles. The molecule has 0 unspecified atom stereocenters. The maximum Gasteiger partial charge on any atom is 0.161 e. The molecule has 1 rings (SSSR count). The Morgan fingerprint density at radius 1 is 1.57 bits per heavy atom. The Bertz CT molecular complexity index is 384. The molecule has 1 aromatic rings. The van der Waals surface area contributed by atoms with Crippen molar-refractivity contribution in [2.24, 2.45) is 0 Å². The lowest BCUT2D eigenvalue weighted by Gasteiger charge is -2.18. The molecule has 0 bridgehead atoms. The van der Waals surface area contributed by atoms with Crippen LogP contribution in [0.1, 0.15) is 12.5 Å². The fourth-order valence-electron chi connectivity index (χ4n) is 1.09. The summed E-state index contributed by atoms with van der Waals surface area (Å²) >= 11 is 3.06. The van der Waals surface area contributed by atoms with Gasteiger partial charge in [-0.3, -0.25) is 0 Å². The lowest BCUT2D eigenvalue weighted by atomic mass is 10.2. The van der Waals surface area contributed by atoms with E-state index in [0.717, 1.165) is 6.54 Å². The molecule has 14 heavy (non-hydrogen) atoms. The van der Waals surface area contributed by atoms with Gasteiger partial charge in [-0.1, -0.05) is 0 Å². The summed E-state index contributed by atoms with van der Waals surface area (Å²) in [4.78, 5) is 1.78. The highest BCUT2D eigenvalue weighted by Gasteiger charge is 2.12. The predicted octanol–water partition coefficient (Wildman–Crippen LogP) is 2.92. The van der Waals surface area contributed by atoms with Crippen LogP contribution < -0.4 is 4.90 Å². The molecule has 0 aliphatic heterocycles. The van der Waals surface area contributed by atoms with Gasteiger partial charge in [0.25, 0.3) is 0 Å². The normalized spacial score (nSPS) is 9.64. The largest absolute Gasteiger partial charge is 0.372 e. The van der Waals surface area contributed by atoms with Gasteiger partial charge in [-0.15, -0.1) is 0 Å². The number of anilines is 1. The molecule has 0 heterocycles. The fraction of sp³-hybridized carbons (Fsp3) is 0.300. The maximum absolute atomic E-state index is 13.6. The van der Waals surface area contributed by atoms with Crippen LogP contribution in [-0.2, 0) is 0 Å². The van der Waals surface area contributed by atoms with E-state index >= 15 is 0 Å². The van der Waals surface area contributed by atoms with Gasteiger partial charge in [0.05, 0.1) is 15.7 Å². The molecule has 74 valence electrons. The van der Waals surface area contributed by atoms with Crippen molar-refractivity contribution >= 4 is 21.6 Å². The quantitative estimate of drug-likeness (QED) is 0.814. The van der Waals surface area contributed by atoms with Crippen molar-refractivity contribution in [3.63, 3.8) is 0 Å². The molecule has 0 aliphatic rings. The molecule has 0 radical (unpaired) electrons. The van der Waals surface area contributed by atoms with E-state index in [4.69, 9.17) is 5.26 Å². The number of rotatable bonds is 2. The summed E-state index contributed by atoms with van der Waals surface area (Å²) in [7, 11) is 1.80. The van der Waals surface area contributed by atoms with Crippen molar-refractivity contribution in [2.45, 2.75) is 6.92 Å². The van der Waals surface area contributed by atoms with Crippen LogP contribution in [0.3, 0.4) is 0 Å². The van der Waals surface area contributed by atoms with Crippen molar-refractivity contribution in [1.29, 1.82) is 5.26 Å². The summed E-state index contributed by atoms with van der Waals surface area (Å²) in [5.74, 6) is -0.381. The third kappa shape index (κ3) is 1.88. The third-order valence-corrected chi connectivity index (χ3v) is 2.84. The molecule has 0 atom stereocenters. The highest BCUT2D eigenvalue weighted by molar-refractivity contribution is 9.10. The van der Waals surface area contributed by atoms with Gasteiger partial charge in [-0.25, -0.2) is 4.39 Å². The van der Waals surface area contributed by atoms with E-state index in [1.807, 2.05) is 13.0 Å². The van der Waals surface area contributed by atoms with E-state index in [9.17, 15) is 4.39 Å². The third-order valence-electron chi connectivity index (χ3n) is 2.07. The highest BCUT2D eigenvalue weighted by Crippen LogP contribution is 2.28. The second-order valence-electron chi connectivity index (χ2n) is 2.89. The lowest BCUT2D eigenvalue weighted by molar-refractivity contribution is 0.616. The first-order valence-corrected chi connectivity index (χ1v) is 5.00. The summed E-state index contributed by atoms with van der Waals surface area (Å²) in [6.45, 7) is 2.65. The van der Waals surface area contributed by atoms with E-state index < -0.39 is 0 Å². The molecular weight excluding hydrogens is 247 g/mol. The molecule has 0 aromatic heterocycles. The number of hydrogen-bond donors (Lipinski definition) is 0. The standard InChI is InChI=1S/C10H10BrFN2/c1-3-14(2)8-5-4-7(6-13)9(11)10(8)12/h4-5H,3H2,1-2H3. The Labute approximate surface area is 91.1 Å². The molecule has 2 nitrogen and oxygen atoms in total. The Kier molecular flexibility index (Phi) is 3.48. The topological polar surface area (TPSA) is 27.0 Å². The number of nitriles is 1. The lowest BCUT2D eigenvalue weighted by Crippen LogP contribution is -2.17. The molecular formula is C10H10BrFN2. The Morgan fingerprint density at radius 2 is 2.21 bits per heavy atom. The van der Waals surface area contributed by atoms with Gasteiger partial charge >= 0.3 is 0 Å². The smallest absolute Gasteiger partial charge is 0.161 e. The predicted molar refractivity (Wildman–Crippen MR) is 57.8 cm³/mol. The van der Waals surface area contributed by atoms with Crippen LogP contribution in [0.5, 0.6) is 0 Å². The van der Waals surface area contributed by atoms with Gasteiger partial charge in [0.2, 0.25) is 0 Å². The molecule has 0 N–H and O–H groups in total. The van der Waals surface area contributed by atoms with Gasteiger partial charge in [0.15, 0.2) is 5.82 Å². The van der Waals surface area contributed by atoms with Gasteiger partial charge < -0.3 is 4.90 Å². The molecule has 0 aliphatic carbocycles. The molecule has 0 spiro atoms. The molecule has 0 saturated carbocycles. The Hall–Kier alpha value is -1.08. The summed E-state index contributed by atoms with van der Waals surface area (Å²) in [5.41, 5.74) is 0.814. The maximum atomic E-state index is 13.6. The molecule has 4 heteroatoms. The summed E-state index contributed by atoms with van der Waals surface area (Å²) in [6, 6.07) is 5.13. The van der Waals surface area contributed by atoms with Crippen LogP contribution in [0, 0.1) is 17.1 Å². The number of benzene rings is 1. The van der Waals surface area contributed by atoms with E-state index in [-0.39, 0.29) is 10.3 Å². The minimum absolute atomic E-state index is 0.234. The summed E-state index contributed by atoms with van der Waals surface area (Å²) < 4.78 is 13.9. The van der Waals surface area contributed by atoms with Gasteiger partial charge in [-0.2, -0.15) is 5.26 Å². The number of hydrogen-bond acceptors (Lipinski definition) is 2. The van der Waals surface area contributed by atoms with Crippen molar-refractivity contribution in [3.05, 3.63) is 28.0 Å². The van der Waals surface area contributed by atoms with Crippen molar-refractivity contribution in [1.82, 2.24) is 0 Å². The van der Waals surface area contributed by atoms with Crippen LogP contribution in [-0.4, -0.2) is 13.6 Å². The average Bonchev–Trinajstić information content (AvgIpc) is 2.21. The van der Waals surface area contributed by atoms with E-state index in [1.54, 1.807) is 24.1 Å². The van der Waals surface area contributed by atoms with Crippen LogP contribution >= 0.6 is 15.9 Å². The first-order valence-electron chi connectivity index (χ1n) is 4.21. The second kappa shape index (κ2) is 4.43.